The minimum atomic E-state index is -1.06. The highest BCUT2D eigenvalue weighted by molar-refractivity contribution is 6.27. The summed E-state index contributed by atoms with van der Waals surface area (Å²) in [6.45, 7) is 3.36. The van der Waals surface area contributed by atoms with Crippen LogP contribution in [0, 0.1) is 6.92 Å². The van der Waals surface area contributed by atoms with Gasteiger partial charge in [0.1, 0.15) is 5.88 Å². The minimum Gasteiger partial charge on any atom is -0.388 e. The second-order valence-electron chi connectivity index (χ2n) is 7.89. The van der Waals surface area contributed by atoms with Crippen molar-refractivity contribution in [3.8, 4) is 0 Å². The SMILES string of the molecule is Cc1ccc2c(=O)n(CC3(O)CCN(C(=O)CCCNC(=O)CCl)CC3)cnc2c1. The zero-order valence-electron chi connectivity index (χ0n) is 17.1. The molecule has 0 bridgehead atoms. The van der Waals surface area contributed by atoms with Gasteiger partial charge in [-0.1, -0.05) is 6.07 Å². The van der Waals surface area contributed by atoms with Gasteiger partial charge in [0.2, 0.25) is 11.8 Å². The maximum absolute atomic E-state index is 12.8. The average Bonchev–Trinajstić information content (AvgIpc) is 2.73. The van der Waals surface area contributed by atoms with E-state index in [0.717, 1.165) is 5.56 Å². The molecule has 0 radical (unpaired) electrons. The third-order valence-electron chi connectivity index (χ3n) is 5.50. The Bertz CT molecular complexity index is 983. The molecule has 3 rings (SSSR count). The van der Waals surface area contributed by atoms with E-state index in [2.05, 4.69) is 10.3 Å². The molecule has 0 atom stereocenters. The lowest BCUT2D eigenvalue weighted by Gasteiger charge is -2.38. The van der Waals surface area contributed by atoms with Crippen molar-refractivity contribution >= 4 is 34.3 Å². The van der Waals surface area contributed by atoms with Crippen molar-refractivity contribution in [1.82, 2.24) is 19.8 Å². The van der Waals surface area contributed by atoms with E-state index in [1.807, 2.05) is 19.1 Å². The fourth-order valence-electron chi connectivity index (χ4n) is 3.70. The molecule has 2 heterocycles. The van der Waals surface area contributed by atoms with Gasteiger partial charge < -0.3 is 15.3 Å². The number of hydrogen-bond donors (Lipinski definition) is 2. The van der Waals surface area contributed by atoms with Gasteiger partial charge in [-0.05, 0) is 43.9 Å². The number of likely N-dealkylation sites (tertiary alicyclic amines) is 1. The molecule has 8 nitrogen and oxygen atoms in total. The third kappa shape index (κ3) is 5.37. The summed E-state index contributed by atoms with van der Waals surface area (Å²) in [6, 6.07) is 5.49. The van der Waals surface area contributed by atoms with Crippen molar-refractivity contribution in [2.75, 3.05) is 25.5 Å². The zero-order chi connectivity index (χ0) is 21.7. The van der Waals surface area contributed by atoms with Crippen molar-refractivity contribution < 1.29 is 14.7 Å². The molecule has 0 aliphatic carbocycles. The maximum Gasteiger partial charge on any atom is 0.261 e. The van der Waals surface area contributed by atoms with E-state index >= 15 is 0 Å². The Balaban J connectivity index is 1.55. The second-order valence-corrected chi connectivity index (χ2v) is 8.16. The first kappa shape index (κ1) is 22.2. The van der Waals surface area contributed by atoms with Crippen LogP contribution in [-0.4, -0.2) is 62.5 Å². The van der Waals surface area contributed by atoms with Crippen LogP contribution in [0.3, 0.4) is 0 Å². The number of aromatic nitrogens is 2. The van der Waals surface area contributed by atoms with Gasteiger partial charge in [-0.15, -0.1) is 11.6 Å². The van der Waals surface area contributed by atoms with E-state index in [1.54, 1.807) is 11.0 Å². The normalized spacial score (nSPS) is 15.9. The Morgan fingerprint density at radius 2 is 2.03 bits per heavy atom. The third-order valence-corrected chi connectivity index (χ3v) is 5.75. The maximum atomic E-state index is 12.8. The molecule has 1 fully saturated rings. The lowest BCUT2D eigenvalue weighted by Crippen LogP contribution is -2.49. The molecule has 0 spiro atoms. The lowest BCUT2D eigenvalue weighted by atomic mass is 9.91. The number of amides is 2. The number of carbonyl (C=O) groups excluding carboxylic acids is 2. The first-order valence-corrected chi connectivity index (χ1v) is 10.6. The second kappa shape index (κ2) is 9.57. The number of aryl methyl sites for hydroxylation is 1. The molecule has 2 N–H and O–H groups in total. The van der Waals surface area contributed by atoms with Gasteiger partial charge in [0, 0.05) is 26.1 Å². The number of alkyl halides is 1. The van der Waals surface area contributed by atoms with Crippen LogP contribution in [0.4, 0.5) is 0 Å². The van der Waals surface area contributed by atoms with E-state index in [1.165, 1.54) is 10.9 Å². The highest BCUT2D eigenvalue weighted by Crippen LogP contribution is 2.24. The van der Waals surface area contributed by atoms with Crippen molar-refractivity contribution in [3.63, 3.8) is 0 Å². The van der Waals surface area contributed by atoms with Gasteiger partial charge in [-0.2, -0.15) is 0 Å². The topological polar surface area (TPSA) is 105 Å². The monoisotopic (exact) mass is 434 g/mol. The van der Waals surface area contributed by atoms with Crippen molar-refractivity contribution in [3.05, 3.63) is 40.4 Å². The van der Waals surface area contributed by atoms with E-state index < -0.39 is 5.60 Å². The van der Waals surface area contributed by atoms with Crippen molar-refractivity contribution in [1.29, 1.82) is 0 Å². The standard InChI is InChI=1S/C21H27ClN4O4/c1-15-4-5-16-17(11-15)24-14-26(20(16)29)13-21(30)6-9-25(10-7-21)19(28)3-2-8-23-18(27)12-22/h4-5,11,14,30H,2-3,6-10,12-13H2,1H3,(H,23,27). The van der Waals surface area contributed by atoms with E-state index in [9.17, 15) is 19.5 Å². The molecule has 0 saturated carbocycles. The summed E-state index contributed by atoms with van der Waals surface area (Å²) in [4.78, 5) is 42.3. The Morgan fingerprint density at radius 3 is 2.73 bits per heavy atom. The molecule has 162 valence electrons. The van der Waals surface area contributed by atoms with Gasteiger partial charge in [-0.25, -0.2) is 4.98 Å². The quantitative estimate of drug-likeness (QED) is 0.503. The molecule has 1 aliphatic heterocycles. The first-order chi connectivity index (χ1) is 14.3. The number of fused-ring (bicyclic) bond motifs is 1. The largest absolute Gasteiger partial charge is 0.388 e. The summed E-state index contributed by atoms with van der Waals surface area (Å²) in [7, 11) is 0. The van der Waals surface area contributed by atoms with E-state index in [-0.39, 0.29) is 29.8 Å². The minimum absolute atomic E-state index is 0.00270. The molecular weight excluding hydrogens is 408 g/mol. The fraction of sp³-hybridized carbons (Fsp3) is 0.524. The van der Waals surface area contributed by atoms with Crippen LogP contribution in [-0.2, 0) is 16.1 Å². The summed E-state index contributed by atoms with van der Waals surface area (Å²) in [5.41, 5.74) is 0.440. The summed E-state index contributed by atoms with van der Waals surface area (Å²) in [6.07, 6.45) is 3.13. The number of hydrogen-bond acceptors (Lipinski definition) is 5. The van der Waals surface area contributed by atoms with Crippen molar-refractivity contribution in [2.45, 2.75) is 44.8 Å². The Labute approximate surface area is 179 Å². The molecular formula is C21H27ClN4O4. The lowest BCUT2D eigenvalue weighted by molar-refractivity contribution is -0.136. The molecule has 30 heavy (non-hydrogen) atoms. The first-order valence-electron chi connectivity index (χ1n) is 10.1. The Kier molecular flexibility index (Phi) is 7.10. The molecule has 1 aromatic heterocycles. The van der Waals surface area contributed by atoms with Gasteiger partial charge in [-0.3, -0.25) is 19.0 Å². The predicted molar refractivity (Wildman–Crippen MR) is 114 cm³/mol. The van der Waals surface area contributed by atoms with E-state index in [4.69, 9.17) is 11.6 Å². The number of benzene rings is 1. The van der Waals surface area contributed by atoms with Crippen LogP contribution < -0.4 is 10.9 Å². The van der Waals surface area contributed by atoms with E-state index in [0.29, 0.717) is 56.2 Å². The van der Waals surface area contributed by atoms with Crippen LogP contribution in [0.5, 0.6) is 0 Å². The molecule has 2 amide bonds. The number of halogens is 1. The molecule has 0 unspecified atom stereocenters. The number of nitrogens with zero attached hydrogens (tertiary/aromatic N) is 3. The summed E-state index contributed by atoms with van der Waals surface area (Å²) >= 11 is 5.41. The summed E-state index contributed by atoms with van der Waals surface area (Å²) in [5.74, 6) is -0.341. The molecule has 2 aromatic rings. The van der Waals surface area contributed by atoms with Crippen LogP contribution >= 0.6 is 11.6 Å². The molecule has 1 saturated heterocycles. The number of rotatable bonds is 7. The van der Waals surface area contributed by atoms with Gasteiger partial charge in [0.05, 0.1) is 29.4 Å². The zero-order valence-corrected chi connectivity index (χ0v) is 17.8. The molecule has 1 aliphatic rings. The highest BCUT2D eigenvalue weighted by atomic mass is 35.5. The van der Waals surface area contributed by atoms with Gasteiger partial charge >= 0.3 is 0 Å². The van der Waals surface area contributed by atoms with Crippen molar-refractivity contribution in [2.24, 2.45) is 0 Å². The summed E-state index contributed by atoms with van der Waals surface area (Å²) < 4.78 is 1.45. The van der Waals surface area contributed by atoms with Crippen LogP contribution in [0.25, 0.3) is 10.9 Å². The molecule has 9 heteroatoms. The smallest absolute Gasteiger partial charge is 0.261 e. The molecule has 1 aromatic carbocycles. The fourth-order valence-corrected chi connectivity index (χ4v) is 3.80. The van der Waals surface area contributed by atoms with Crippen LogP contribution in [0.1, 0.15) is 31.2 Å². The number of carbonyl (C=O) groups is 2. The van der Waals surface area contributed by atoms with Gasteiger partial charge in [0.15, 0.2) is 0 Å². The highest BCUT2D eigenvalue weighted by Gasteiger charge is 2.34. The van der Waals surface area contributed by atoms with Crippen LogP contribution in [0.2, 0.25) is 0 Å². The Hall–Kier alpha value is -2.45. The number of aliphatic hydroxyl groups is 1. The number of piperidine rings is 1. The predicted octanol–water partition coefficient (Wildman–Crippen LogP) is 1.19. The van der Waals surface area contributed by atoms with Crippen LogP contribution in [0.15, 0.2) is 29.3 Å². The summed E-state index contributed by atoms with van der Waals surface area (Å²) in [5, 5.41) is 14.1. The number of nitrogens with one attached hydrogen (secondary N) is 1. The Morgan fingerprint density at radius 1 is 1.30 bits per heavy atom. The average molecular weight is 435 g/mol. The van der Waals surface area contributed by atoms with Gasteiger partial charge in [0.25, 0.3) is 5.56 Å².